The minimum absolute atomic E-state index is 1.11. The van der Waals surface area contributed by atoms with E-state index in [9.17, 15) is 0 Å². The second-order valence-electron chi connectivity index (χ2n) is 1.87. The molecule has 0 bridgehead atoms. The number of allylic oxidation sites excluding steroid dienone is 1. The van der Waals surface area contributed by atoms with Gasteiger partial charge in [0.25, 0.3) is 0 Å². The highest BCUT2D eigenvalue weighted by Gasteiger charge is 2.03. The molecule has 0 aromatic carbocycles. The van der Waals surface area contributed by atoms with Gasteiger partial charge in [0.05, 0.1) is 6.54 Å². The van der Waals surface area contributed by atoms with Crippen LogP contribution in [0.2, 0.25) is 0 Å². The summed E-state index contributed by atoms with van der Waals surface area (Å²) >= 11 is 0. The van der Waals surface area contributed by atoms with Crippen molar-refractivity contribution in [1.29, 1.82) is 0 Å². The fourth-order valence-corrected chi connectivity index (χ4v) is 0.669. The maximum atomic E-state index is 2.21. The number of nitrogens with zero attached hydrogens (tertiary/aromatic N) is 1. The zero-order chi connectivity index (χ0) is 5.28. The van der Waals surface area contributed by atoms with E-state index in [0.717, 1.165) is 6.42 Å². The third kappa shape index (κ3) is 0.763. The summed E-state index contributed by atoms with van der Waals surface area (Å²) in [5.41, 5.74) is 1.36. The molecule has 0 aliphatic carbocycles. The summed E-state index contributed by atoms with van der Waals surface area (Å²) in [6.07, 6.45) is 3.32. The van der Waals surface area contributed by atoms with E-state index >= 15 is 0 Å². The molecule has 0 aromatic heterocycles. The molecule has 0 amide bonds. The molecule has 1 radical (unpaired) electrons. The molecule has 39 valence electrons. The lowest BCUT2D eigenvalue weighted by Gasteiger charge is -2.09. The molecule has 7 heavy (non-hydrogen) atoms. The second kappa shape index (κ2) is 1.57. The smallest absolute Gasteiger partial charge is 0.0524 e. The van der Waals surface area contributed by atoms with E-state index in [-0.39, 0.29) is 0 Å². The van der Waals surface area contributed by atoms with E-state index in [1.165, 1.54) is 5.70 Å². The van der Waals surface area contributed by atoms with Crippen molar-refractivity contribution in [2.75, 3.05) is 7.05 Å². The predicted octanol–water partition coefficient (Wildman–Crippen LogP) is 1.39. The van der Waals surface area contributed by atoms with Crippen LogP contribution in [0.5, 0.6) is 0 Å². The molecule has 0 saturated carbocycles. The van der Waals surface area contributed by atoms with Crippen LogP contribution in [0.3, 0.4) is 0 Å². The highest BCUT2D eigenvalue weighted by Crippen LogP contribution is 2.13. The van der Waals surface area contributed by atoms with Gasteiger partial charge in [0.2, 0.25) is 0 Å². The van der Waals surface area contributed by atoms with Gasteiger partial charge in [0.15, 0.2) is 0 Å². The Labute approximate surface area is 44.6 Å². The SMILES string of the molecule is CC1=CC[CH]N1C. The third-order valence-corrected chi connectivity index (χ3v) is 1.35. The Morgan fingerprint density at radius 1 is 1.71 bits per heavy atom. The van der Waals surface area contributed by atoms with E-state index in [2.05, 4.69) is 31.5 Å². The molecule has 1 rings (SSSR count). The van der Waals surface area contributed by atoms with Crippen LogP contribution in [0.4, 0.5) is 0 Å². The van der Waals surface area contributed by atoms with Crippen LogP contribution in [-0.2, 0) is 0 Å². The third-order valence-electron chi connectivity index (χ3n) is 1.35. The number of hydrogen-bond donors (Lipinski definition) is 0. The zero-order valence-electron chi connectivity index (χ0n) is 4.81. The Kier molecular flexibility index (Phi) is 1.05. The molecule has 0 saturated heterocycles. The summed E-state index contributed by atoms with van der Waals surface area (Å²) in [6, 6.07) is 0. The van der Waals surface area contributed by atoms with Crippen LogP contribution in [-0.4, -0.2) is 11.9 Å². The molecule has 0 spiro atoms. The maximum Gasteiger partial charge on any atom is 0.0524 e. The van der Waals surface area contributed by atoms with Crippen molar-refractivity contribution in [3.05, 3.63) is 18.3 Å². The van der Waals surface area contributed by atoms with Crippen molar-refractivity contribution in [2.24, 2.45) is 0 Å². The second-order valence-corrected chi connectivity index (χ2v) is 1.87. The minimum Gasteiger partial charge on any atom is -0.373 e. The summed E-state index contributed by atoms with van der Waals surface area (Å²) in [6.45, 7) is 4.28. The largest absolute Gasteiger partial charge is 0.373 e. The molecular formula is C6H10N. The highest BCUT2D eigenvalue weighted by molar-refractivity contribution is 5.07. The summed E-state index contributed by atoms with van der Waals surface area (Å²) < 4.78 is 0. The lowest BCUT2D eigenvalue weighted by atomic mass is 10.4. The van der Waals surface area contributed by atoms with Crippen LogP contribution in [0, 0.1) is 6.54 Å². The maximum absolute atomic E-state index is 2.21. The molecule has 0 aromatic rings. The molecule has 0 N–H and O–H groups in total. The molecule has 1 heterocycles. The van der Waals surface area contributed by atoms with E-state index < -0.39 is 0 Å². The molecule has 0 fully saturated rings. The summed E-state index contributed by atoms with van der Waals surface area (Å²) in [5, 5.41) is 0. The van der Waals surface area contributed by atoms with E-state index in [0.29, 0.717) is 0 Å². The van der Waals surface area contributed by atoms with Crippen LogP contribution in [0.15, 0.2) is 11.8 Å². The molecule has 1 heteroatoms. The molecular weight excluding hydrogens is 86.1 g/mol. The monoisotopic (exact) mass is 96.1 g/mol. The normalized spacial score (nSPS) is 20.3. The van der Waals surface area contributed by atoms with Crippen LogP contribution >= 0.6 is 0 Å². The Morgan fingerprint density at radius 3 is 2.57 bits per heavy atom. The van der Waals surface area contributed by atoms with Crippen LogP contribution in [0.25, 0.3) is 0 Å². The molecule has 1 aliphatic rings. The van der Waals surface area contributed by atoms with Gasteiger partial charge >= 0.3 is 0 Å². The Balaban J connectivity index is 2.54. The van der Waals surface area contributed by atoms with E-state index in [1.54, 1.807) is 0 Å². The van der Waals surface area contributed by atoms with Gasteiger partial charge in [0, 0.05) is 12.7 Å². The first-order valence-corrected chi connectivity index (χ1v) is 2.53. The quantitative estimate of drug-likeness (QED) is 0.440. The van der Waals surface area contributed by atoms with Gasteiger partial charge in [-0.3, -0.25) is 0 Å². The fraction of sp³-hybridized carbons (Fsp3) is 0.500. The van der Waals surface area contributed by atoms with Gasteiger partial charge in [-0.25, -0.2) is 0 Å². The standard InChI is InChI=1S/C6H10N/c1-6-4-3-5-7(6)2/h4-5H,3H2,1-2H3. The Hall–Kier alpha value is -0.460. The van der Waals surface area contributed by atoms with Gasteiger partial charge in [0.1, 0.15) is 0 Å². The van der Waals surface area contributed by atoms with Gasteiger partial charge in [-0.15, -0.1) is 0 Å². The van der Waals surface area contributed by atoms with Crippen molar-refractivity contribution < 1.29 is 0 Å². The lowest BCUT2D eigenvalue weighted by molar-refractivity contribution is 0.531. The van der Waals surface area contributed by atoms with Gasteiger partial charge in [-0.05, 0) is 13.3 Å². The number of hydrogen-bond acceptors (Lipinski definition) is 1. The minimum atomic E-state index is 1.11. The van der Waals surface area contributed by atoms with Crippen molar-refractivity contribution in [3.8, 4) is 0 Å². The van der Waals surface area contributed by atoms with Gasteiger partial charge < -0.3 is 4.90 Å². The topological polar surface area (TPSA) is 3.24 Å². The zero-order valence-corrected chi connectivity index (χ0v) is 4.81. The number of rotatable bonds is 0. The lowest BCUT2D eigenvalue weighted by Crippen LogP contribution is -2.05. The first-order valence-electron chi connectivity index (χ1n) is 2.53. The Bertz CT molecular complexity index is 94.4. The molecule has 1 nitrogen and oxygen atoms in total. The van der Waals surface area contributed by atoms with Gasteiger partial charge in [-0.1, -0.05) is 6.08 Å². The average Bonchev–Trinajstić information content (AvgIpc) is 1.91. The van der Waals surface area contributed by atoms with E-state index in [4.69, 9.17) is 0 Å². The predicted molar refractivity (Wildman–Crippen MR) is 30.4 cm³/mol. The molecule has 0 unspecified atom stereocenters. The first kappa shape index (κ1) is 4.69. The molecule has 1 aliphatic heterocycles. The fourth-order valence-electron chi connectivity index (χ4n) is 0.669. The van der Waals surface area contributed by atoms with Gasteiger partial charge in [-0.2, -0.15) is 0 Å². The van der Waals surface area contributed by atoms with Crippen LogP contribution < -0.4 is 0 Å². The van der Waals surface area contributed by atoms with Crippen LogP contribution in [0.1, 0.15) is 13.3 Å². The summed E-state index contributed by atoms with van der Waals surface area (Å²) in [7, 11) is 2.07. The van der Waals surface area contributed by atoms with Crippen molar-refractivity contribution in [3.63, 3.8) is 0 Å². The van der Waals surface area contributed by atoms with Crippen molar-refractivity contribution in [2.45, 2.75) is 13.3 Å². The first-order chi connectivity index (χ1) is 3.30. The average molecular weight is 96.2 g/mol. The molecule has 0 atom stereocenters. The van der Waals surface area contributed by atoms with Crippen molar-refractivity contribution in [1.82, 2.24) is 4.90 Å². The Morgan fingerprint density at radius 2 is 2.43 bits per heavy atom. The summed E-state index contributed by atoms with van der Waals surface area (Å²) in [5.74, 6) is 0. The van der Waals surface area contributed by atoms with Crippen molar-refractivity contribution >= 4 is 0 Å². The highest BCUT2D eigenvalue weighted by atomic mass is 15.1. The summed E-state index contributed by atoms with van der Waals surface area (Å²) in [4.78, 5) is 2.14. The van der Waals surface area contributed by atoms with E-state index in [1.807, 2.05) is 0 Å².